The molecule has 27 heavy (non-hydrogen) atoms. The molecule has 0 spiro atoms. The van der Waals surface area contributed by atoms with Gasteiger partial charge in [0, 0.05) is 11.6 Å². The zero-order valence-corrected chi connectivity index (χ0v) is 14.7. The van der Waals surface area contributed by atoms with Crippen molar-refractivity contribution in [3.8, 4) is 40.2 Å². The van der Waals surface area contributed by atoms with Crippen LogP contribution in [0.5, 0.6) is 11.5 Å². The predicted molar refractivity (Wildman–Crippen MR) is 97.6 cm³/mol. The van der Waals surface area contributed by atoms with Gasteiger partial charge in [-0.15, -0.1) is 5.10 Å². The maximum absolute atomic E-state index is 6.24. The van der Waals surface area contributed by atoms with Crippen molar-refractivity contribution in [1.82, 2.24) is 25.1 Å². The number of hydrogen-bond donors (Lipinski definition) is 1. The van der Waals surface area contributed by atoms with Crippen molar-refractivity contribution in [2.45, 2.75) is 0 Å². The lowest BCUT2D eigenvalue weighted by Crippen LogP contribution is -2.05. The second-order valence-electron chi connectivity index (χ2n) is 5.56. The van der Waals surface area contributed by atoms with Crippen LogP contribution in [0.3, 0.4) is 0 Å². The number of hydrogen-bond acceptors (Lipinski definition) is 8. The van der Waals surface area contributed by atoms with Crippen molar-refractivity contribution in [3.63, 3.8) is 0 Å². The van der Waals surface area contributed by atoms with Crippen LogP contribution >= 0.6 is 0 Å². The van der Waals surface area contributed by atoms with Gasteiger partial charge in [-0.25, -0.2) is 0 Å². The molecule has 9 nitrogen and oxygen atoms in total. The largest absolute Gasteiger partial charge is 0.497 e. The van der Waals surface area contributed by atoms with Crippen LogP contribution in [0, 0.1) is 0 Å². The van der Waals surface area contributed by atoms with Crippen molar-refractivity contribution in [3.05, 3.63) is 48.5 Å². The normalized spacial score (nSPS) is 10.7. The van der Waals surface area contributed by atoms with Crippen LogP contribution in [0.4, 0.5) is 5.82 Å². The molecule has 0 fully saturated rings. The fraction of sp³-hybridized carbons (Fsp3) is 0.111. The Kier molecular flexibility index (Phi) is 4.17. The third-order valence-electron chi connectivity index (χ3n) is 3.98. The average molecular weight is 364 g/mol. The van der Waals surface area contributed by atoms with Gasteiger partial charge in [0.05, 0.1) is 14.2 Å². The first kappa shape index (κ1) is 16.6. The van der Waals surface area contributed by atoms with Gasteiger partial charge < -0.3 is 19.7 Å². The summed E-state index contributed by atoms with van der Waals surface area (Å²) in [7, 11) is 3.13. The molecule has 2 aromatic carbocycles. The topological polar surface area (TPSA) is 114 Å². The lowest BCUT2D eigenvalue weighted by atomic mass is 10.2. The number of nitrogens with zero attached hydrogens (tertiary/aromatic N) is 5. The number of aromatic nitrogens is 5. The molecule has 0 aliphatic carbocycles. The highest BCUT2D eigenvalue weighted by atomic mass is 16.5. The van der Waals surface area contributed by atoms with Gasteiger partial charge >= 0.3 is 0 Å². The van der Waals surface area contributed by atoms with E-state index < -0.39 is 0 Å². The van der Waals surface area contributed by atoms with Crippen LogP contribution < -0.4 is 15.2 Å². The molecule has 0 amide bonds. The molecule has 2 heterocycles. The van der Waals surface area contributed by atoms with Gasteiger partial charge in [-0.2, -0.15) is 9.67 Å². The Morgan fingerprint density at radius 3 is 2.59 bits per heavy atom. The van der Waals surface area contributed by atoms with Crippen molar-refractivity contribution in [1.29, 1.82) is 0 Å². The molecule has 2 N–H and O–H groups in total. The zero-order valence-electron chi connectivity index (χ0n) is 14.7. The van der Waals surface area contributed by atoms with Crippen molar-refractivity contribution >= 4 is 5.82 Å². The van der Waals surface area contributed by atoms with Gasteiger partial charge in [-0.3, -0.25) is 0 Å². The highest BCUT2D eigenvalue weighted by molar-refractivity contribution is 5.67. The predicted octanol–water partition coefficient (Wildman–Crippen LogP) is 2.58. The molecule has 0 saturated heterocycles. The van der Waals surface area contributed by atoms with Crippen LogP contribution in [-0.4, -0.2) is 39.4 Å². The standard InChI is InChI=1S/C18H16N6O3/c1-25-12-8-9-14(26-2)13(10-12)24-16(19)15(21-23-24)18-20-17(22-27-18)11-6-4-3-5-7-11/h3-10H,19H2,1-2H3. The molecule has 0 atom stereocenters. The molecule has 0 unspecified atom stereocenters. The van der Waals surface area contributed by atoms with E-state index in [0.717, 1.165) is 5.56 Å². The maximum atomic E-state index is 6.24. The van der Waals surface area contributed by atoms with E-state index in [1.165, 1.54) is 4.68 Å². The number of rotatable bonds is 5. The summed E-state index contributed by atoms with van der Waals surface area (Å²) in [5.41, 5.74) is 7.94. The first-order valence-electron chi connectivity index (χ1n) is 8.04. The Hall–Kier alpha value is -3.88. The Morgan fingerprint density at radius 2 is 1.85 bits per heavy atom. The van der Waals surface area contributed by atoms with Gasteiger partial charge in [0.1, 0.15) is 17.2 Å². The summed E-state index contributed by atoms with van der Waals surface area (Å²) >= 11 is 0. The summed E-state index contributed by atoms with van der Waals surface area (Å²) < 4.78 is 17.4. The molecule has 0 aliphatic heterocycles. The van der Waals surface area contributed by atoms with Crippen molar-refractivity contribution in [2.24, 2.45) is 0 Å². The number of ether oxygens (including phenoxy) is 2. The molecule has 0 aliphatic rings. The van der Waals surface area contributed by atoms with E-state index in [9.17, 15) is 0 Å². The lowest BCUT2D eigenvalue weighted by Gasteiger charge is -2.10. The highest BCUT2D eigenvalue weighted by Gasteiger charge is 2.21. The van der Waals surface area contributed by atoms with E-state index in [4.69, 9.17) is 19.7 Å². The minimum Gasteiger partial charge on any atom is -0.497 e. The number of nitrogens with two attached hydrogens (primary N) is 1. The first-order chi connectivity index (χ1) is 13.2. The second kappa shape index (κ2) is 6.79. The maximum Gasteiger partial charge on any atom is 0.282 e. The molecule has 4 rings (SSSR count). The third-order valence-corrected chi connectivity index (χ3v) is 3.98. The van der Waals surface area contributed by atoms with Crippen LogP contribution in [0.25, 0.3) is 28.7 Å². The molecule has 0 bridgehead atoms. The number of nitrogen functional groups attached to an aromatic ring is 1. The molecular weight excluding hydrogens is 348 g/mol. The smallest absolute Gasteiger partial charge is 0.282 e. The van der Waals surface area contributed by atoms with Crippen LogP contribution in [-0.2, 0) is 0 Å². The molecule has 9 heteroatoms. The summed E-state index contributed by atoms with van der Waals surface area (Å²) in [5.74, 6) is 2.06. The summed E-state index contributed by atoms with van der Waals surface area (Å²) in [6.45, 7) is 0. The number of anilines is 1. The highest BCUT2D eigenvalue weighted by Crippen LogP contribution is 2.32. The van der Waals surface area contributed by atoms with Crippen molar-refractivity contribution in [2.75, 3.05) is 20.0 Å². The van der Waals surface area contributed by atoms with E-state index >= 15 is 0 Å². The summed E-state index contributed by atoms with van der Waals surface area (Å²) in [5, 5.41) is 12.2. The van der Waals surface area contributed by atoms with E-state index in [0.29, 0.717) is 23.0 Å². The second-order valence-corrected chi connectivity index (χ2v) is 5.56. The van der Waals surface area contributed by atoms with E-state index in [1.54, 1.807) is 32.4 Å². The molecule has 2 aromatic heterocycles. The Balaban J connectivity index is 1.75. The Bertz CT molecular complexity index is 1070. The quantitative estimate of drug-likeness (QED) is 0.575. The summed E-state index contributed by atoms with van der Waals surface area (Å²) in [4.78, 5) is 4.37. The van der Waals surface area contributed by atoms with Gasteiger partial charge in [0.2, 0.25) is 5.82 Å². The van der Waals surface area contributed by atoms with Gasteiger partial charge in [0.25, 0.3) is 5.89 Å². The molecular formula is C18H16N6O3. The van der Waals surface area contributed by atoms with E-state index in [1.807, 2.05) is 30.3 Å². The summed E-state index contributed by atoms with van der Waals surface area (Å²) in [6, 6.07) is 14.8. The zero-order chi connectivity index (χ0) is 18.8. The molecule has 136 valence electrons. The summed E-state index contributed by atoms with van der Waals surface area (Å²) in [6.07, 6.45) is 0. The Labute approximate surface area is 154 Å². The fourth-order valence-corrected chi connectivity index (χ4v) is 2.61. The van der Waals surface area contributed by atoms with Gasteiger partial charge in [0.15, 0.2) is 11.5 Å². The van der Waals surface area contributed by atoms with Crippen LogP contribution in [0.2, 0.25) is 0 Å². The lowest BCUT2D eigenvalue weighted by molar-refractivity contribution is 0.400. The van der Waals surface area contributed by atoms with Gasteiger partial charge in [-0.05, 0) is 12.1 Å². The number of benzene rings is 2. The SMILES string of the molecule is COc1ccc(OC)c(-n2nnc(-c3nc(-c4ccccc4)no3)c2N)c1. The van der Waals surface area contributed by atoms with Crippen LogP contribution in [0.1, 0.15) is 0 Å². The van der Waals surface area contributed by atoms with Crippen LogP contribution in [0.15, 0.2) is 53.1 Å². The minimum atomic E-state index is 0.180. The Morgan fingerprint density at radius 1 is 1.04 bits per heavy atom. The van der Waals surface area contributed by atoms with Gasteiger partial charge in [-0.1, -0.05) is 40.7 Å². The van der Waals surface area contributed by atoms with E-state index in [-0.39, 0.29) is 17.4 Å². The molecule has 0 saturated carbocycles. The third kappa shape index (κ3) is 2.95. The monoisotopic (exact) mass is 364 g/mol. The fourth-order valence-electron chi connectivity index (χ4n) is 2.61. The molecule has 4 aromatic rings. The minimum absolute atomic E-state index is 0.180. The first-order valence-corrected chi connectivity index (χ1v) is 8.04. The van der Waals surface area contributed by atoms with E-state index in [2.05, 4.69) is 20.5 Å². The van der Waals surface area contributed by atoms with Crippen molar-refractivity contribution < 1.29 is 14.0 Å². The molecule has 0 radical (unpaired) electrons. The average Bonchev–Trinajstić information content (AvgIpc) is 3.35. The number of methoxy groups -OCH3 is 2.